The topological polar surface area (TPSA) is 98.6 Å². The third kappa shape index (κ3) is 5.75. The second-order valence-electron chi connectivity index (χ2n) is 11.0. The highest BCUT2D eigenvalue weighted by atomic mass is 16.5. The SMILES string of the molecule is CCC(C)(C)NC(=O)C(c1ccc(OC)c(OC)c1)N(C(=O)Cn1nnc2ccccc21)c1ccc2c(c1)CCC2. The number of ether oxygens (including phenoxy) is 2. The van der Waals surface area contributed by atoms with Crippen molar-refractivity contribution in [1.82, 2.24) is 20.3 Å². The average molecular weight is 556 g/mol. The third-order valence-corrected chi connectivity index (χ3v) is 7.91. The minimum atomic E-state index is -0.984. The molecule has 0 saturated carbocycles. The number of carbonyl (C=O) groups is 2. The Balaban J connectivity index is 1.65. The van der Waals surface area contributed by atoms with Crippen molar-refractivity contribution in [2.24, 2.45) is 0 Å². The second-order valence-corrected chi connectivity index (χ2v) is 11.0. The molecule has 9 nitrogen and oxygen atoms in total. The van der Waals surface area contributed by atoms with Gasteiger partial charge in [0.1, 0.15) is 18.1 Å². The van der Waals surface area contributed by atoms with Gasteiger partial charge in [-0.1, -0.05) is 36.4 Å². The third-order valence-electron chi connectivity index (χ3n) is 7.91. The first kappa shape index (κ1) is 28.1. The smallest absolute Gasteiger partial charge is 0.249 e. The summed E-state index contributed by atoms with van der Waals surface area (Å²) in [6, 6.07) is 17.9. The Hall–Kier alpha value is -4.40. The van der Waals surface area contributed by atoms with Crippen molar-refractivity contribution in [2.75, 3.05) is 19.1 Å². The summed E-state index contributed by atoms with van der Waals surface area (Å²) in [7, 11) is 3.12. The lowest BCUT2D eigenvalue weighted by atomic mass is 9.97. The molecule has 4 aromatic rings. The van der Waals surface area contributed by atoms with E-state index in [1.165, 1.54) is 11.1 Å². The molecule has 214 valence electrons. The van der Waals surface area contributed by atoms with Crippen LogP contribution in [0.2, 0.25) is 0 Å². The first-order valence-electron chi connectivity index (χ1n) is 14.0. The molecule has 0 bridgehead atoms. The standard InChI is InChI=1S/C32H37N5O4/c1-6-32(2,3)33-31(39)30(23-15-17-27(40-4)28(19-23)41-5)37(24-16-14-21-10-9-11-22(21)18-24)29(38)20-36-26-13-8-7-12-25(26)34-35-36/h7-8,12-19,30H,6,9-11,20H2,1-5H3,(H,33,39). The number of carbonyl (C=O) groups excluding carboxylic acids is 2. The number of fused-ring (bicyclic) bond motifs is 2. The lowest BCUT2D eigenvalue weighted by molar-refractivity contribution is -0.128. The van der Waals surface area contributed by atoms with E-state index in [0.717, 1.165) is 31.2 Å². The van der Waals surface area contributed by atoms with E-state index in [2.05, 4.69) is 21.7 Å². The average Bonchev–Trinajstić information content (AvgIpc) is 3.61. The lowest BCUT2D eigenvalue weighted by Crippen LogP contribution is -2.51. The summed E-state index contributed by atoms with van der Waals surface area (Å²) in [5.74, 6) is 0.430. The molecule has 2 amide bonds. The van der Waals surface area contributed by atoms with Crippen molar-refractivity contribution in [2.45, 2.75) is 64.6 Å². The Morgan fingerprint density at radius 1 is 1.00 bits per heavy atom. The molecule has 1 N–H and O–H groups in total. The molecule has 0 spiro atoms. The highest BCUT2D eigenvalue weighted by molar-refractivity contribution is 6.02. The monoisotopic (exact) mass is 555 g/mol. The largest absolute Gasteiger partial charge is 0.493 e. The van der Waals surface area contributed by atoms with Gasteiger partial charge in [-0.15, -0.1) is 5.10 Å². The summed E-state index contributed by atoms with van der Waals surface area (Å²) >= 11 is 0. The number of hydrogen-bond donors (Lipinski definition) is 1. The molecule has 1 aliphatic rings. The number of aromatic nitrogens is 3. The lowest BCUT2D eigenvalue weighted by Gasteiger charge is -2.35. The van der Waals surface area contributed by atoms with E-state index >= 15 is 0 Å². The Morgan fingerprint density at radius 3 is 2.51 bits per heavy atom. The Morgan fingerprint density at radius 2 is 1.76 bits per heavy atom. The molecule has 0 radical (unpaired) electrons. The van der Waals surface area contributed by atoms with E-state index in [9.17, 15) is 9.59 Å². The predicted molar refractivity (Wildman–Crippen MR) is 158 cm³/mol. The van der Waals surface area contributed by atoms with Crippen LogP contribution in [0.1, 0.15) is 56.3 Å². The summed E-state index contributed by atoms with van der Waals surface area (Å²) in [6.07, 6.45) is 3.74. The predicted octanol–water partition coefficient (Wildman–Crippen LogP) is 5.02. The Bertz CT molecular complexity index is 1580. The van der Waals surface area contributed by atoms with Crippen LogP contribution in [0.4, 0.5) is 5.69 Å². The van der Waals surface area contributed by atoms with Crippen LogP contribution in [-0.4, -0.2) is 46.6 Å². The number of amides is 2. The maximum atomic E-state index is 14.4. The van der Waals surface area contributed by atoms with Gasteiger partial charge in [0, 0.05) is 11.2 Å². The fourth-order valence-electron chi connectivity index (χ4n) is 5.31. The Kier molecular flexibility index (Phi) is 7.97. The van der Waals surface area contributed by atoms with Gasteiger partial charge in [-0.2, -0.15) is 0 Å². The number of benzene rings is 3. The number of nitrogens with zero attached hydrogens (tertiary/aromatic N) is 4. The molecule has 41 heavy (non-hydrogen) atoms. The van der Waals surface area contributed by atoms with E-state index in [1.807, 2.05) is 63.2 Å². The molecule has 0 aliphatic heterocycles. The molecular weight excluding hydrogens is 518 g/mol. The van der Waals surface area contributed by atoms with E-state index in [4.69, 9.17) is 9.47 Å². The molecule has 5 rings (SSSR count). The van der Waals surface area contributed by atoms with Gasteiger partial charge in [0.15, 0.2) is 11.5 Å². The van der Waals surface area contributed by atoms with E-state index in [0.29, 0.717) is 28.3 Å². The van der Waals surface area contributed by atoms with Crippen LogP contribution in [0.3, 0.4) is 0 Å². The zero-order valence-corrected chi connectivity index (χ0v) is 24.3. The van der Waals surface area contributed by atoms with Crippen LogP contribution in [0.5, 0.6) is 11.5 Å². The van der Waals surface area contributed by atoms with Crippen LogP contribution < -0.4 is 19.7 Å². The maximum absolute atomic E-state index is 14.4. The minimum Gasteiger partial charge on any atom is -0.493 e. The first-order chi connectivity index (χ1) is 19.7. The van der Waals surface area contributed by atoms with Crippen molar-refractivity contribution in [3.8, 4) is 11.5 Å². The van der Waals surface area contributed by atoms with Crippen LogP contribution in [0.25, 0.3) is 11.0 Å². The number of hydrogen-bond acceptors (Lipinski definition) is 6. The van der Waals surface area contributed by atoms with Gasteiger partial charge in [-0.25, -0.2) is 4.68 Å². The normalized spacial score (nSPS) is 13.5. The highest BCUT2D eigenvalue weighted by Crippen LogP contribution is 2.36. The second kappa shape index (κ2) is 11.6. The molecular formula is C32H37N5O4. The first-order valence-corrected chi connectivity index (χ1v) is 14.0. The van der Waals surface area contributed by atoms with E-state index < -0.39 is 11.6 Å². The van der Waals surface area contributed by atoms with Gasteiger partial charge in [0.25, 0.3) is 0 Å². The van der Waals surface area contributed by atoms with Gasteiger partial charge in [-0.3, -0.25) is 14.5 Å². The molecule has 1 atom stereocenters. The number of para-hydroxylation sites is 1. The quantitative estimate of drug-likeness (QED) is 0.295. The van der Waals surface area contributed by atoms with Gasteiger partial charge >= 0.3 is 0 Å². The number of methoxy groups -OCH3 is 2. The number of rotatable bonds is 10. The molecule has 1 unspecified atom stereocenters. The fourth-order valence-corrected chi connectivity index (χ4v) is 5.31. The Labute approximate surface area is 240 Å². The van der Waals surface area contributed by atoms with Gasteiger partial charge in [0.05, 0.1) is 19.7 Å². The zero-order chi connectivity index (χ0) is 29.1. The van der Waals surface area contributed by atoms with Crippen molar-refractivity contribution in [1.29, 1.82) is 0 Å². The van der Waals surface area contributed by atoms with Crippen LogP contribution in [-0.2, 0) is 29.0 Å². The molecule has 1 heterocycles. The number of nitrogens with one attached hydrogen (secondary N) is 1. The molecule has 0 saturated heterocycles. The zero-order valence-electron chi connectivity index (χ0n) is 24.3. The van der Waals surface area contributed by atoms with Gasteiger partial charge < -0.3 is 14.8 Å². The summed E-state index contributed by atoms with van der Waals surface area (Å²) in [5, 5.41) is 11.7. The molecule has 1 aliphatic carbocycles. The fraction of sp³-hybridized carbons (Fsp3) is 0.375. The van der Waals surface area contributed by atoms with E-state index in [1.54, 1.807) is 35.9 Å². The molecule has 0 fully saturated rings. The van der Waals surface area contributed by atoms with Crippen LogP contribution in [0.15, 0.2) is 60.7 Å². The van der Waals surface area contributed by atoms with Crippen molar-refractivity contribution < 1.29 is 19.1 Å². The van der Waals surface area contributed by atoms with Crippen molar-refractivity contribution in [3.05, 3.63) is 77.4 Å². The van der Waals surface area contributed by atoms with Gasteiger partial charge in [-0.05, 0) is 92.6 Å². The van der Waals surface area contributed by atoms with Crippen molar-refractivity contribution >= 4 is 28.5 Å². The van der Waals surface area contributed by atoms with Crippen molar-refractivity contribution in [3.63, 3.8) is 0 Å². The van der Waals surface area contributed by atoms with E-state index in [-0.39, 0.29) is 18.4 Å². The summed E-state index contributed by atoms with van der Waals surface area (Å²) < 4.78 is 12.6. The number of aryl methyl sites for hydroxylation is 2. The maximum Gasteiger partial charge on any atom is 0.249 e. The van der Waals surface area contributed by atoms with Gasteiger partial charge in [0.2, 0.25) is 11.8 Å². The summed E-state index contributed by atoms with van der Waals surface area (Å²) in [6.45, 7) is 5.87. The number of anilines is 1. The summed E-state index contributed by atoms with van der Waals surface area (Å²) in [4.78, 5) is 30.2. The highest BCUT2D eigenvalue weighted by Gasteiger charge is 2.36. The molecule has 9 heteroatoms. The molecule has 3 aromatic carbocycles. The summed E-state index contributed by atoms with van der Waals surface area (Å²) in [5.41, 5.74) is 4.70. The molecule has 1 aromatic heterocycles. The van der Waals surface area contributed by atoms with Crippen LogP contribution in [0, 0.1) is 0 Å². The van der Waals surface area contributed by atoms with Crippen LogP contribution >= 0.6 is 0 Å². The minimum absolute atomic E-state index is 0.0914.